The van der Waals surface area contributed by atoms with Gasteiger partial charge in [0.1, 0.15) is 12.4 Å². The Kier molecular flexibility index (Phi) is 6.08. The summed E-state index contributed by atoms with van der Waals surface area (Å²) < 4.78 is 11.6. The molecule has 0 aliphatic rings. The predicted molar refractivity (Wildman–Crippen MR) is 91.3 cm³/mol. The fourth-order valence-electron chi connectivity index (χ4n) is 1.82. The lowest BCUT2D eigenvalue weighted by molar-refractivity contribution is 0.146. The normalized spacial score (nSPS) is 12.4. The van der Waals surface area contributed by atoms with E-state index in [0.29, 0.717) is 13.2 Å². The van der Waals surface area contributed by atoms with Crippen LogP contribution >= 0.6 is 43.2 Å². The van der Waals surface area contributed by atoms with Gasteiger partial charge in [0, 0.05) is 12.0 Å². The Bertz CT molecular complexity index is 569. The summed E-state index contributed by atoms with van der Waals surface area (Å²) in [6.07, 6.45) is 0. The van der Waals surface area contributed by atoms with Crippen molar-refractivity contribution >= 4 is 43.2 Å². The fourth-order valence-corrected chi connectivity index (χ4v) is 4.23. The number of hydrogen-bond donors (Lipinski definition) is 0. The molecule has 2 nitrogen and oxygen atoms in total. The summed E-state index contributed by atoms with van der Waals surface area (Å²) in [5.74, 6) is 0.841. The average Bonchev–Trinajstić information content (AvgIpc) is 2.86. The summed E-state index contributed by atoms with van der Waals surface area (Å²) in [7, 11) is 1.67. The minimum Gasteiger partial charge on any atom is -0.490 e. The van der Waals surface area contributed by atoms with Crippen LogP contribution in [0, 0.1) is 6.92 Å². The molecule has 5 heteroatoms. The average molecular weight is 420 g/mol. The standard InChI is InChI=1S/C15H16Br2O2S/c1-10-5-8-20-15(10)14(17)11-3-4-13(12(16)9-11)19-7-6-18-2/h3-5,8-9,14H,6-7H2,1-2H3. The van der Waals surface area contributed by atoms with Gasteiger partial charge in [0.2, 0.25) is 0 Å². The van der Waals surface area contributed by atoms with Gasteiger partial charge in [-0.05, 0) is 57.6 Å². The molecule has 1 heterocycles. The van der Waals surface area contributed by atoms with Crippen LogP contribution in [0.2, 0.25) is 0 Å². The molecule has 2 aromatic rings. The highest BCUT2D eigenvalue weighted by Crippen LogP contribution is 2.38. The van der Waals surface area contributed by atoms with Gasteiger partial charge in [0.15, 0.2) is 0 Å². The number of methoxy groups -OCH3 is 1. The quantitative estimate of drug-likeness (QED) is 0.465. The largest absolute Gasteiger partial charge is 0.490 e. The third-order valence-electron chi connectivity index (χ3n) is 2.93. The van der Waals surface area contributed by atoms with Gasteiger partial charge in [0.25, 0.3) is 0 Å². The van der Waals surface area contributed by atoms with E-state index in [4.69, 9.17) is 9.47 Å². The SMILES string of the molecule is COCCOc1ccc(C(Br)c2sccc2C)cc1Br. The number of benzene rings is 1. The van der Waals surface area contributed by atoms with E-state index in [0.717, 1.165) is 10.2 Å². The van der Waals surface area contributed by atoms with E-state index >= 15 is 0 Å². The molecule has 20 heavy (non-hydrogen) atoms. The summed E-state index contributed by atoms with van der Waals surface area (Å²) in [6, 6.07) is 8.32. The van der Waals surface area contributed by atoms with Crippen molar-refractivity contribution < 1.29 is 9.47 Å². The second-order valence-electron chi connectivity index (χ2n) is 4.36. The maximum absolute atomic E-state index is 5.64. The first-order valence-electron chi connectivity index (χ1n) is 6.22. The van der Waals surface area contributed by atoms with Crippen LogP contribution in [-0.4, -0.2) is 20.3 Å². The highest BCUT2D eigenvalue weighted by Gasteiger charge is 2.15. The van der Waals surface area contributed by atoms with Gasteiger partial charge in [-0.2, -0.15) is 0 Å². The Hall–Kier alpha value is -0.360. The van der Waals surface area contributed by atoms with Crippen molar-refractivity contribution in [2.75, 3.05) is 20.3 Å². The van der Waals surface area contributed by atoms with Gasteiger partial charge >= 0.3 is 0 Å². The van der Waals surface area contributed by atoms with Crippen molar-refractivity contribution in [2.24, 2.45) is 0 Å². The minimum atomic E-state index is 0.215. The second kappa shape index (κ2) is 7.59. The van der Waals surface area contributed by atoms with Crippen LogP contribution in [0.25, 0.3) is 0 Å². The Morgan fingerprint density at radius 2 is 2.05 bits per heavy atom. The number of hydrogen-bond acceptors (Lipinski definition) is 3. The molecule has 108 valence electrons. The molecule has 0 aliphatic heterocycles. The lowest BCUT2D eigenvalue weighted by Gasteiger charge is -2.13. The Labute approximate surface area is 140 Å². The number of rotatable bonds is 6. The van der Waals surface area contributed by atoms with E-state index in [1.165, 1.54) is 16.0 Å². The van der Waals surface area contributed by atoms with Gasteiger partial charge in [-0.1, -0.05) is 22.0 Å². The van der Waals surface area contributed by atoms with Crippen LogP contribution < -0.4 is 4.74 Å². The van der Waals surface area contributed by atoms with Gasteiger partial charge in [-0.15, -0.1) is 11.3 Å². The number of alkyl halides is 1. The summed E-state index contributed by atoms with van der Waals surface area (Å²) in [5.41, 5.74) is 2.52. The highest BCUT2D eigenvalue weighted by molar-refractivity contribution is 9.10. The van der Waals surface area contributed by atoms with Crippen LogP contribution in [-0.2, 0) is 4.74 Å². The Morgan fingerprint density at radius 1 is 1.25 bits per heavy atom. The fraction of sp³-hybridized carbons (Fsp3) is 0.333. The molecular weight excluding hydrogens is 404 g/mol. The monoisotopic (exact) mass is 418 g/mol. The van der Waals surface area contributed by atoms with Crippen LogP contribution in [0.1, 0.15) is 20.8 Å². The molecule has 1 aromatic carbocycles. The van der Waals surface area contributed by atoms with Crippen molar-refractivity contribution in [3.8, 4) is 5.75 Å². The number of thiophene rings is 1. The lowest BCUT2D eigenvalue weighted by Crippen LogP contribution is -2.04. The van der Waals surface area contributed by atoms with E-state index in [9.17, 15) is 0 Å². The molecule has 0 amide bonds. The first kappa shape index (κ1) is 16.0. The Morgan fingerprint density at radius 3 is 2.65 bits per heavy atom. The summed E-state index contributed by atoms with van der Waals surface area (Å²) >= 11 is 9.11. The van der Waals surface area contributed by atoms with E-state index in [2.05, 4.69) is 62.4 Å². The Balaban J connectivity index is 2.14. The smallest absolute Gasteiger partial charge is 0.133 e. The molecule has 0 aliphatic carbocycles. The molecule has 0 fully saturated rings. The van der Waals surface area contributed by atoms with Gasteiger partial charge in [0.05, 0.1) is 15.9 Å². The van der Waals surface area contributed by atoms with Crippen molar-refractivity contribution in [1.29, 1.82) is 0 Å². The molecule has 0 saturated heterocycles. The third-order valence-corrected chi connectivity index (χ3v) is 5.92. The van der Waals surface area contributed by atoms with Crippen LogP contribution in [0.5, 0.6) is 5.75 Å². The van der Waals surface area contributed by atoms with E-state index in [-0.39, 0.29) is 4.83 Å². The van der Waals surface area contributed by atoms with Crippen molar-refractivity contribution in [3.05, 3.63) is 50.1 Å². The minimum absolute atomic E-state index is 0.215. The lowest BCUT2D eigenvalue weighted by atomic mass is 10.1. The third kappa shape index (κ3) is 3.85. The molecule has 0 N–H and O–H groups in total. The molecule has 0 radical (unpaired) electrons. The van der Waals surface area contributed by atoms with E-state index in [1.54, 1.807) is 18.4 Å². The molecule has 0 spiro atoms. The maximum atomic E-state index is 5.64. The second-order valence-corrected chi connectivity index (χ2v) is 7.08. The van der Waals surface area contributed by atoms with Crippen molar-refractivity contribution in [1.82, 2.24) is 0 Å². The number of ether oxygens (including phenoxy) is 2. The van der Waals surface area contributed by atoms with Crippen molar-refractivity contribution in [3.63, 3.8) is 0 Å². The first-order chi connectivity index (χ1) is 9.63. The number of aryl methyl sites for hydroxylation is 1. The van der Waals surface area contributed by atoms with Crippen LogP contribution in [0.4, 0.5) is 0 Å². The summed E-state index contributed by atoms with van der Waals surface area (Å²) in [5, 5.41) is 2.12. The van der Waals surface area contributed by atoms with Gasteiger partial charge in [-0.25, -0.2) is 0 Å². The molecule has 0 bridgehead atoms. The van der Waals surface area contributed by atoms with Crippen molar-refractivity contribution in [2.45, 2.75) is 11.8 Å². The molecule has 1 unspecified atom stereocenters. The zero-order chi connectivity index (χ0) is 14.5. The zero-order valence-corrected chi connectivity index (χ0v) is 15.3. The summed E-state index contributed by atoms with van der Waals surface area (Å²) in [4.78, 5) is 1.55. The summed E-state index contributed by atoms with van der Waals surface area (Å²) in [6.45, 7) is 3.28. The highest BCUT2D eigenvalue weighted by atomic mass is 79.9. The van der Waals surface area contributed by atoms with Crippen LogP contribution in [0.15, 0.2) is 34.1 Å². The zero-order valence-electron chi connectivity index (χ0n) is 11.4. The molecule has 0 saturated carbocycles. The topological polar surface area (TPSA) is 18.5 Å². The maximum Gasteiger partial charge on any atom is 0.133 e. The molecule has 2 rings (SSSR count). The van der Waals surface area contributed by atoms with Crippen LogP contribution in [0.3, 0.4) is 0 Å². The number of halogens is 2. The molecule has 1 atom stereocenters. The molecule has 1 aromatic heterocycles. The first-order valence-corrected chi connectivity index (χ1v) is 8.81. The van der Waals surface area contributed by atoms with E-state index < -0.39 is 0 Å². The van der Waals surface area contributed by atoms with Gasteiger partial charge < -0.3 is 9.47 Å². The van der Waals surface area contributed by atoms with Gasteiger partial charge in [-0.3, -0.25) is 0 Å². The molecular formula is C15H16Br2O2S. The predicted octanol–water partition coefficient (Wildman–Crippen LogP) is 5.33. The van der Waals surface area contributed by atoms with E-state index in [1.807, 2.05) is 6.07 Å².